The highest BCUT2D eigenvalue weighted by Crippen LogP contribution is 2.12. The zero-order valence-electron chi connectivity index (χ0n) is 14.1. The van der Waals surface area contributed by atoms with Gasteiger partial charge in [-0.3, -0.25) is 19.4 Å². The fraction of sp³-hybridized carbons (Fsp3) is 0.556. The zero-order chi connectivity index (χ0) is 16.8. The summed E-state index contributed by atoms with van der Waals surface area (Å²) < 4.78 is 0. The molecule has 6 heteroatoms. The van der Waals surface area contributed by atoms with Gasteiger partial charge in [-0.2, -0.15) is 0 Å². The third-order valence-electron chi connectivity index (χ3n) is 4.61. The van der Waals surface area contributed by atoms with Crippen LogP contribution >= 0.6 is 0 Å². The first-order chi connectivity index (χ1) is 11.7. The lowest BCUT2D eigenvalue weighted by molar-refractivity contribution is -0.123. The molecule has 1 aromatic carbocycles. The van der Waals surface area contributed by atoms with E-state index in [0.717, 1.165) is 26.2 Å². The lowest BCUT2D eigenvalue weighted by Crippen LogP contribution is -2.40. The highest BCUT2D eigenvalue weighted by Gasteiger charge is 2.15. The van der Waals surface area contributed by atoms with Crippen molar-refractivity contribution < 1.29 is 9.59 Å². The predicted octanol–water partition coefficient (Wildman–Crippen LogP) is 0.330. The van der Waals surface area contributed by atoms with Crippen molar-refractivity contribution in [3.05, 3.63) is 35.4 Å². The Morgan fingerprint density at radius 1 is 0.750 bits per heavy atom. The average molecular weight is 330 g/mol. The van der Waals surface area contributed by atoms with E-state index in [9.17, 15) is 9.59 Å². The molecular formula is C18H26N4O2. The molecule has 0 aromatic heterocycles. The van der Waals surface area contributed by atoms with Crippen molar-refractivity contribution in [3.63, 3.8) is 0 Å². The maximum atomic E-state index is 12.0. The van der Waals surface area contributed by atoms with Crippen LogP contribution in [-0.4, -0.2) is 60.9 Å². The fourth-order valence-corrected chi connectivity index (χ4v) is 3.29. The maximum absolute atomic E-state index is 12.0. The molecule has 0 fully saturated rings. The van der Waals surface area contributed by atoms with Gasteiger partial charge in [0.25, 0.3) is 0 Å². The van der Waals surface area contributed by atoms with Gasteiger partial charge in [-0.1, -0.05) is 24.3 Å². The van der Waals surface area contributed by atoms with Gasteiger partial charge in [-0.05, 0) is 11.1 Å². The van der Waals surface area contributed by atoms with E-state index in [1.54, 1.807) is 0 Å². The first kappa shape index (κ1) is 16.9. The van der Waals surface area contributed by atoms with Crippen molar-refractivity contribution in [2.45, 2.75) is 25.9 Å². The van der Waals surface area contributed by atoms with Crippen LogP contribution in [0, 0.1) is 0 Å². The van der Waals surface area contributed by atoms with Gasteiger partial charge in [0.05, 0.1) is 0 Å². The lowest BCUT2D eigenvalue weighted by atomic mass is 10.1. The molecule has 4 bridgehead atoms. The second kappa shape index (κ2) is 8.26. The van der Waals surface area contributed by atoms with E-state index >= 15 is 0 Å². The molecule has 0 spiro atoms. The van der Waals surface area contributed by atoms with Crippen molar-refractivity contribution in [2.24, 2.45) is 0 Å². The van der Waals surface area contributed by atoms with Gasteiger partial charge in [0, 0.05) is 65.2 Å². The zero-order valence-corrected chi connectivity index (χ0v) is 14.1. The summed E-state index contributed by atoms with van der Waals surface area (Å²) in [5, 5.41) is 6.00. The Labute approximate surface area is 143 Å². The summed E-state index contributed by atoms with van der Waals surface area (Å²) in [6.45, 7) is 5.78. The second-order valence-corrected chi connectivity index (χ2v) is 6.57. The minimum Gasteiger partial charge on any atom is -0.355 e. The molecule has 2 amide bonds. The van der Waals surface area contributed by atoms with Gasteiger partial charge in [-0.15, -0.1) is 0 Å². The van der Waals surface area contributed by atoms with E-state index in [1.165, 1.54) is 11.1 Å². The Balaban J connectivity index is 1.87. The van der Waals surface area contributed by atoms with Crippen LogP contribution in [0.2, 0.25) is 0 Å². The molecule has 0 saturated carbocycles. The van der Waals surface area contributed by atoms with Crippen LogP contribution in [0.4, 0.5) is 0 Å². The number of hydrogen-bond donors (Lipinski definition) is 2. The molecule has 0 saturated heterocycles. The van der Waals surface area contributed by atoms with E-state index in [0.29, 0.717) is 39.0 Å². The molecule has 2 aliphatic heterocycles. The third kappa shape index (κ3) is 5.04. The number of carbonyl (C=O) groups is 2. The predicted molar refractivity (Wildman–Crippen MR) is 92.2 cm³/mol. The number of carbonyl (C=O) groups excluding carboxylic acids is 2. The van der Waals surface area contributed by atoms with Crippen molar-refractivity contribution in [1.29, 1.82) is 0 Å². The van der Waals surface area contributed by atoms with E-state index in [2.05, 4.69) is 44.7 Å². The topological polar surface area (TPSA) is 64.7 Å². The van der Waals surface area contributed by atoms with Crippen molar-refractivity contribution in [2.75, 3.05) is 39.3 Å². The van der Waals surface area contributed by atoms with Crippen LogP contribution < -0.4 is 10.6 Å². The normalized spacial score (nSPS) is 26.3. The third-order valence-corrected chi connectivity index (χ3v) is 4.61. The second-order valence-electron chi connectivity index (χ2n) is 6.57. The number of nitrogens with one attached hydrogen (secondary N) is 2. The standard InChI is InChI=1S/C18H26N4O2/c23-17-4-8-21-10-6-19-18(24)5-9-22(11-7-20-17)14-16-3-1-2-15(12-16)13-21/h1-3,12H,4-11,13-14H2,(H,19,24)(H,20,23). The minimum absolute atomic E-state index is 0.104. The number of fused-ring (bicyclic) bond motifs is 2. The quantitative estimate of drug-likeness (QED) is 0.720. The van der Waals surface area contributed by atoms with Crippen LogP contribution in [0.5, 0.6) is 0 Å². The number of hydrogen-bond acceptors (Lipinski definition) is 4. The molecule has 0 radical (unpaired) electrons. The van der Waals surface area contributed by atoms with E-state index < -0.39 is 0 Å². The summed E-state index contributed by atoms with van der Waals surface area (Å²) in [6.07, 6.45) is 0.987. The Morgan fingerprint density at radius 2 is 1.25 bits per heavy atom. The molecule has 0 aliphatic carbocycles. The van der Waals surface area contributed by atoms with E-state index in [1.807, 2.05) is 0 Å². The number of benzene rings is 1. The van der Waals surface area contributed by atoms with Gasteiger partial charge < -0.3 is 10.6 Å². The summed E-state index contributed by atoms with van der Waals surface area (Å²) in [6, 6.07) is 8.63. The Kier molecular flexibility index (Phi) is 5.82. The monoisotopic (exact) mass is 330 g/mol. The largest absolute Gasteiger partial charge is 0.355 e. The van der Waals surface area contributed by atoms with Crippen LogP contribution in [0.3, 0.4) is 0 Å². The summed E-state index contributed by atoms with van der Waals surface area (Å²) in [5.74, 6) is 0.207. The maximum Gasteiger partial charge on any atom is 0.221 e. The first-order valence-corrected chi connectivity index (χ1v) is 8.75. The van der Waals surface area contributed by atoms with Gasteiger partial charge in [0.15, 0.2) is 0 Å². The lowest BCUT2D eigenvalue weighted by Gasteiger charge is -2.23. The number of amides is 2. The van der Waals surface area contributed by atoms with Crippen molar-refractivity contribution in [1.82, 2.24) is 20.4 Å². The highest BCUT2D eigenvalue weighted by molar-refractivity contribution is 5.76. The summed E-state index contributed by atoms with van der Waals surface area (Å²) in [5.41, 5.74) is 2.52. The van der Waals surface area contributed by atoms with Crippen LogP contribution in [-0.2, 0) is 22.7 Å². The molecule has 3 rings (SSSR count). The van der Waals surface area contributed by atoms with Crippen LogP contribution in [0.1, 0.15) is 24.0 Å². The van der Waals surface area contributed by atoms with E-state index in [4.69, 9.17) is 0 Å². The summed E-state index contributed by atoms with van der Waals surface area (Å²) in [7, 11) is 0. The van der Waals surface area contributed by atoms with Gasteiger partial charge in [0.2, 0.25) is 11.8 Å². The molecule has 24 heavy (non-hydrogen) atoms. The number of nitrogens with zero attached hydrogens (tertiary/aromatic N) is 2. The summed E-state index contributed by atoms with van der Waals surface area (Å²) >= 11 is 0. The first-order valence-electron chi connectivity index (χ1n) is 8.75. The molecule has 2 unspecified atom stereocenters. The molecule has 6 nitrogen and oxygen atoms in total. The van der Waals surface area contributed by atoms with Gasteiger partial charge in [0.1, 0.15) is 0 Å². The fourth-order valence-electron chi connectivity index (χ4n) is 3.29. The molecule has 2 N–H and O–H groups in total. The average Bonchev–Trinajstić information content (AvgIpc) is 2.57. The SMILES string of the molecule is O=C1CCN2CCNC(=O)CCN(CCN1)Cc1cccc(c1)C2. The molecule has 2 aliphatic rings. The van der Waals surface area contributed by atoms with Crippen molar-refractivity contribution >= 4 is 11.8 Å². The molecule has 2 heterocycles. The molecular weight excluding hydrogens is 304 g/mol. The molecule has 130 valence electrons. The van der Waals surface area contributed by atoms with E-state index in [-0.39, 0.29) is 11.8 Å². The molecule has 1 aromatic rings. The Hall–Kier alpha value is -1.92. The van der Waals surface area contributed by atoms with Crippen LogP contribution in [0.15, 0.2) is 24.3 Å². The Morgan fingerprint density at radius 3 is 1.75 bits per heavy atom. The smallest absolute Gasteiger partial charge is 0.221 e. The highest BCUT2D eigenvalue weighted by atomic mass is 16.2. The summed E-state index contributed by atoms with van der Waals surface area (Å²) in [4.78, 5) is 28.5. The van der Waals surface area contributed by atoms with Crippen LogP contribution in [0.25, 0.3) is 0 Å². The Bertz CT molecular complexity index is 543. The number of rotatable bonds is 0. The minimum atomic E-state index is 0.104. The van der Waals surface area contributed by atoms with Gasteiger partial charge in [-0.25, -0.2) is 0 Å². The van der Waals surface area contributed by atoms with Gasteiger partial charge >= 0.3 is 0 Å². The molecule has 2 atom stereocenters. The van der Waals surface area contributed by atoms with Crippen molar-refractivity contribution in [3.8, 4) is 0 Å².